The summed E-state index contributed by atoms with van der Waals surface area (Å²) in [4.78, 5) is 26.1. The van der Waals surface area contributed by atoms with Crippen LogP contribution in [0.5, 0.6) is 11.5 Å². The van der Waals surface area contributed by atoms with Crippen LogP contribution in [0.1, 0.15) is 18.1 Å². The molecule has 27 heavy (non-hydrogen) atoms. The van der Waals surface area contributed by atoms with Gasteiger partial charge in [0.1, 0.15) is 11.5 Å². The van der Waals surface area contributed by atoms with Crippen molar-refractivity contribution in [2.45, 2.75) is 20.8 Å². The molecule has 0 aliphatic carbocycles. The van der Waals surface area contributed by atoms with Gasteiger partial charge in [-0.05, 0) is 68.3 Å². The molecular formula is C21H26N2O4. The van der Waals surface area contributed by atoms with Crippen LogP contribution >= 0.6 is 0 Å². The molecule has 2 aromatic carbocycles. The highest BCUT2D eigenvalue weighted by Crippen LogP contribution is 2.17. The molecule has 2 aromatic rings. The monoisotopic (exact) mass is 370 g/mol. The van der Waals surface area contributed by atoms with E-state index >= 15 is 0 Å². The third-order valence-electron chi connectivity index (χ3n) is 4.28. The van der Waals surface area contributed by atoms with Gasteiger partial charge in [0.05, 0.1) is 13.7 Å². The van der Waals surface area contributed by atoms with Gasteiger partial charge in [0.25, 0.3) is 5.91 Å². The first-order valence-corrected chi connectivity index (χ1v) is 8.84. The smallest absolute Gasteiger partial charge is 0.260 e. The van der Waals surface area contributed by atoms with Gasteiger partial charge in [-0.3, -0.25) is 9.59 Å². The van der Waals surface area contributed by atoms with E-state index in [0.717, 1.165) is 5.56 Å². The number of amides is 2. The Bertz CT molecular complexity index is 787. The van der Waals surface area contributed by atoms with Crippen molar-refractivity contribution in [1.82, 2.24) is 4.90 Å². The van der Waals surface area contributed by atoms with E-state index in [1.165, 1.54) is 10.5 Å². The molecule has 6 heteroatoms. The van der Waals surface area contributed by atoms with Crippen molar-refractivity contribution < 1.29 is 19.1 Å². The first-order chi connectivity index (χ1) is 12.9. The molecule has 0 saturated carbocycles. The first-order valence-electron chi connectivity index (χ1n) is 8.84. The Morgan fingerprint density at radius 1 is 1.00 bits per heavy atom. The Kier molecular flexibility index (Phi) is 7.23. The van der Waals surface area contributed by atoms with Crippen molar-refractivity contribution in [2.75, 3.05) is 32.1 Å². The highest BCUT2D eigenvalue weighted by atomic mass is 16.5. The van der Waals surface area contributed by atoms with E-state index in [9.17, 15) is 9.59 Å². The molecule has 0 unspecified atom stereocenters. The average molecular weight is 370 g/mol. The molecule has 2 amide bonds. The van der Waals surface area contributed by atoms with Gasteiger partial charge in [-0.1, -0.05) is 6.07 Å². The molecule has 0 fully saturated rings. The lowest BCUT2D eigenvalue weighted by molar-refractivity contribution is -0.136. The lowest BCUT2D eigenvalue weighted by Crippen LogP contribution is -2.40. The zero-order valence-corrected chi connectivity index (χ0v) is 16.2. The van der Waals surface area contributed by atoms with E-state index in [1.807, 2.05) is 39.0 Å². The van der Waals surface area contributed by atoms with E-state index < -0.39 is 0 Å². The van der Waals surface area contributed by atoms with E-state index in [-0.39, 0.29) is 25.0 Å². The molecule has 0 aliphatic heterocycles. The molecule has 0 bridgehead atoms. The number of hydrogen-bond acceptors (Lipinski definition) is 4. The topological polar surface area (TPSA) is 67.9 Å². The summed E-state index contributed by atoms with van der Waals surface area (Å²) in [5, 5.41) is 2.77. The van der Waals surface area contributed by atoms with E-state index in [2.05, 4.69) is 5.32 Å². The van der Waals surface area contributed by atoms with E-state index in [0.29, 0.717) is 23.7 Å². The summed E-state index contributed by atoms with van der Waals surface area (Å²) >= 11 is 0. The molecule has 0 aliphatic rings. The van der Waals surface area contributed by atoms with Crippen molar-refractivity contribution in [3.8, 4) is 11.5 Å². The van der Waals surface area contributed by atoms with Gasteiger partial charge in [0.15, 0.2) is 6.61 Å². The van der Waals surface area contributed by atoms with Crippen LogP contribution < -0.4 is 14.8 Å². The predicted octanol–water partition coefficient (Wildman–Crippen LogP) is 3.18. The SMILES string of the molecule is CCN(CC(=O)Nc1ccc(OC)cc1)C(=O)COc1ccc(C)c(C)c1. The molecule has 0 spiro atoms. The van der Waals surface area contributed by atoms with Crippen LogP contribution in [0.3, 0.4) is 0 Å². The van der Waals surface area contributed by atoms with E-state index in [4.69, 9.17) is 9.47 Å². The molecule has 6 nitrogen and oxygen atoms in total. The molecule has 0 atom stereocenters. The number of ether oxygens (including phenoxy) is 2. The fourth-order valence-corrected chi connectivity index (χ4v) is 2.46. The number of methoxy groups -OCH3 is 1. The van der Waals surface area contributed by atoms with Crippen molar-refractivity contribution in [3.63, 3.8) is 0 Å². The molecule has 144 valence electrons. The van der Waals surface area contributed by atoms with Gasteiger partial charge in [0, 0.05) is 12.2 Å². The second-order valence-electron chi connectivity index (χ2n) is 6.22. The Balaban J connectivity index is 1.87. The van der Waals surface area contributed by atoms with Crippen molar-refractivity contribution in [1.29, 1.82) is 0 Å². The summed E-state index contributed by atoms with van der Waals surface area (Å²) in [5.74, 6) is 0.856. The molecule has 0 saturated heterocycles. The summed E-state index contributed by atoms with van der Waals surface area (Å²) in [6.45, 7) is 6.12. The summed E-state index contributed by atoms with van der Waals surface area (Å²) in [6.07, 6.45) is 0. The van der Waals surface area contributed by atoms with Gasteiger partial charge >= 0.3 is 0 Å². The van der Waals surface area contributed by atoms with Gasteiger partial charge in [-0.25, -0.2) is 0 Å². The Labute approximate surface area is 160 Å². The van der Waals surface area contributed by atoms with Crippen LogP contribution in [0.2, 0.25) is 0 Å². The Hall–Kier alpha value is -3.02. The number of nitrogens with zero attached hydrogens (tertiary/aromatic N) is 1. The zero-order chi connectivity index (χ0) is 19.8. The number of likely N-dealkylation sites (N-methyl/N-ethyl adjacent to an activating group) is 1. The second-order valence-corrected chi connectivity index (χ2v) is 6.22. The fraction of sp³-hybridized carbons (Fsp3) is 0.333. The van der Waals surface area contributed by atoms with Crippen molar-refractivity contribution >= 4 is 17.5 Å². The highest BCUT2D eigenvalue weighted by Gasteiger charge is 2.16. The van der Waals surface area contributed by atoms with Crippen LogP contribution in [0, 0.1) is 13.8 Å². The van der Waals surface area contributed by atoms with Gasteiger partial charge in [-0.15, -0.1) is 0 Å². The fourth-order valence-electron chi connectivity index (χ4n) is 2.46. The number of carbonyl (C=O) groups is 2. The Morgan fingerprint density at radius 3 is 2.26 bits per heavy atom. The summed E-state index contributed by atoms with van der Waals surface area (Å²) in [7, 11) is 1.58. The third kappa shape index (κ3) is 6.02. The van der Waals surface area contributed by atoms with Gasteiger partial charge < -0.3 is 19.7 Å². The largest absolute Gasteiger partial charge is 0.497 e. The number of rotatable bonds is 8. The number of anilines is 1. The maximum absolute atomic E-state index is 12.4. The third-order valence-corrected chi connectivity index (χ3v) is 4.28. The summed E-state index contributed by atoms with van der Waals surface area (Å²) < 4.78 is 10.7. The molecule has 1 N–H and O–H groups in total. The maximum Gasteiger partial charge on any atom is 0.260 e. The zero-order valence-electron chi connectivity index (χ0n) is 16.2. The lowest BCUT2D eigenvalue weighted by Gasteiger charge is -2.20. The summed E-state index contributed by atoms with van der Waals surface area (Å²) in [6, 6.07) is 12.7. The Morgan fingerprint density at radius 2 is 1.67 bits per heavy atom. The number of carbonyl (C=O) groups excluding carboxylic acids is 2. The van der Waals surface area contributed by atoms with E-state index in [1.54, 1.807) is 31.4 Å². The average Bonchev–Trinajstić information content (AvgIpc) is 2.67. The molecule has 2 rings (SSSR count). The predicted molar refractivity (Wildman–Crippen MR) is 105 cm³/mol. The minimum Gasteiger partial charge on any atom is -0.497 e. The molecule has 0 aromatic heterocycles. The van der Waals surface area contributed by atoms with Gasteiger partial charge in [0.2, 0.25) is 5.91 Å². The van der Waals surface area contributed by atoms with Crippen LogP contribution in [-0.4, -0.2) is 43.5 Å². The number of benzene rings is 2. The van der Waals surface area contributed by atoms with Crippen molar-refractivity contribution in [3.05, 3.63) is 53.6 Å². The maximum atomic E-state index is 12.4. The minimum absolute atomic E-state index is 0.0301. The minimum atomic E-state index is -0.262. The number of hydrogen-bond donors (Lipinski definition) is 1. The quantitative estimate of drug-likeness (QED) is 0.775. The van der Waals surface area contributed by atoms with Crippen LogP contribution in [0.15, 0.2) is 42.5 Å². The summed E-state index contributed by atoms with van der Waals surface area (Å²) in [5.41, 5.74) is 2.92. The van der Waals surface area contributed by atoms with Crippen LogP contribution in [0.25, 0.3) is 0 Å². The second kappa shape index (κ2) is 9.62. The molecular weight excluding hydrogens is 344 g/mol. The van der Waals surface area contributed by atoms with Crippen LogP contribution in [0.4, 0.5) is 5.69 Å². The lowest BCUT2D eigenvalue weighted by atomic mass is 10.1. The molecule has 0 heterocycles. The highest BCUT2D eigenvalue weighted by molar-refractivity contribution is 5.94. The van der Waals surface area contributed by atoms with Crippen LogP contribution in [-0.2, 0) is 9.59 Å². The standard InChI is InChI=1S/C21H26N2O4/c1-5-23(13-20(24)22-17-7-10-18(26-4)11-8-17)21(25)14-27-19-9-6-15(2)16(3)12-19/h6-12H,5,13-14H2,1-4H3,(H,22,24). The van der Waals surface area contributed by atoms with Gasteiger partial charge in [-0.2, -0.15) is 0 Å². The van der Waals surface area contributed by atoms with Crippen molar-refractivity contribution in [2.24, 2.45) is 0 Å². The first kappa shape index (κ1) is 20.3. The number of aryl methyl sites for hydroxylation is 2. The normalized spacial score (nSPS) is 10.2. The molecule has 0 radical (unpaired) electrons. The number of nitrogens with one attached hydrogen (secondary N) is 1.